The van der Waals surface area contributed by atoms with Crippen LogP contribution in [-0.2, 0) is 6.54 Å². The lowest BCUT2D eigenvalue weighted by atomic mass is 10.2. The number of halogens is 1. The quantitative estimate of drug-likeness (QED) is 0.251. The number of aryl methyl sites for hydroxylation is 1. The van der Waals surface area contributed by atoms with Crippen LogP contribution in [0.1, 0.15) is 11.1 Å². The maximum absolute atomic E-state index is 5.73. The first-order chi connectivity index (χ1) is 14.1. The Hall–Kier alpha value is -2.07. The largest absolute Gasteiger partial charge is 0.492 e. The van der Waals surface area contributed by atoms with E-state index in [0.29, 0.717) is 19.7 Å². The van der Waals surface area contributed by atoms with Crippen molar-refractivity contribution in [3.05, 3.63) is 53.7 Å². The topological polar surface area (TPSA) is 65.0 Å². The van der Waals surface area contributed by atoms with Gasteiger partial charge in [-0.3, -0.25) is 4.99 Å². The fourth-order valence-electron chi connectivity index (χ4n) is 3.12. The Morgan fingerprint density at radius 3 is 2.43 bits per heavy atom. The molecule has 0 unspecified atom stereocenters. The summed E-state index contributed by atoms with van der Waals surface area (Å²) in [7, 11) is 3.93. The number of aliphatic imine (C=N–C) groups is 1. The van der Waals surface area contributed by atoms with E-state index in [1.54, 1.807) is 7.05 Å². The maximum Gasteiger partial charge on any atom is 0.191 e. The van der Waals surface area contributed by atoms with Gasteiger partial charge in [-0.1, -0.05) is 23.8 Å². The number of rotatable bonds is 7. The minimum absolute atomic E-state index is 0. The van der Waals surface area contributed by atoms with Crippen molar-refractivity contribution in [1.29, 1.82) is 0 Å². The van der Waals surface area contributed by atoms with E-state index in [1.807, 2.05) is 30.5 Å². The normalized spacial score (nSPS) is 14.8. The van der Waals surface area contributed by atoms with Crippen LogP contribution in [0.25, 0.3) is 0 Å². The molecule has 2 N–H and O–H groups in total. The highest BCUT2D eigenvalue weighted by Crippen LogP contribution is 2.13. The Morgan fingerprint density at radius 2 is 1.80 bits per heavy atom. The molecular weight excluding hydrogens is 491 g/mol. The van der Waals surface area contributed by atoms with E-state index in [2.05, 4.69) is 56.5 Å². The zero-order valence-electron chi connectivity index (χ0n) is 18.1. The van der Waals surface area contributed by atoms with Gasteiger partial charge in [-0.05, 0) is 37.7 Å². The van der Waals surface area contributed by atoms with Crippen LogP contribution in [0.2, 0.25) is 0 Å². The van der Waals surface area contributed by atoms with Crippen LogP contribution in [0.3, 0.4) is 0 Å². The first-order valence-electron chi connectivity index (χ1n) is 10.2. The lowest BCUT2D eigenvalue weighted by Crippen LogP contribution is -2.44. The smallest absolute Gasteiger partial charge is 0.191 e. The average Bonchev–Trinajstić information content (AvgIpc) is 2.75. The number of hydrogen-bond donors (Lipinski definition) is 2. The van der Waals surface area contributed by atoms with Gasteiger partial charge in [0.1, 0.15) is 18.2 Å². The van der Waals surface area contributed by atoms with Crippen LogP contribution in [-0.4, -0.2) is 69.3 Å². The molecule has 1 fully saturated rings. The first-order valence-corrected chi connectivity index (χ1v) is 10.2. The van der Waals surface area contributed by atoms with E-state index in [4.69, 9.17) is 4.74 Å². The number of anilines is 1. The average molecular weight is 524 g/mol. The molecule has 2 heterocycles. The number of benzene rings is 1. The number of piperazine rings is 1. The van der Waals surface area contributed by atoms with Gasteiger partial charge in [0.15, 0.2) is 5.96 Å². The lowest BCUT2D eigenvalue weighted by molar-refractivity contribution is 0.312. The molecule has 0 bridgehead atoms. The van der Waals surface area contributed by atoms with E-state index in [-0.39, 0.29) is 24.0 Å². The molecule has 1 aliphatic heterocycles. The molecular formula is C22H33IN6O. The van der Waals surface area contributed by atoms with Gasteiger partial charge in [-0.15, -0.1) is 24.0 Å². The molecule has 30 heavy (non-hydrogen) atoms. The van der Waals surface area contributed by atoms with Crippen molar-refractivity contribution < 1.29 is 4.74 Å². The van der Waals surface area contributed by atoms with Gasteiger partial charge in [0.2, 0.25) is 0 Å². The van der Waals surface area contributed by atoms with Gasteiger partial charge >= 0.3 is 0 Å². The van der Waals surface area contributed by atoms with Crippen LogP contribution in [0, 0.1) is 6.92 Å². The van der Waals surface area contributed by atoms with Crippen molar-refractivity contribution in [3.63, 3.8) is 0 Å². The Bertz CT molecular complexity index is 773. The van der Waals surface area contributed by atoms with Crippen molar-refractivity contribution in [1.82, 2.24) is 20.5 Å². The lowest BCUT2D eigenvalue weighted by Gasteiger charge is -2.33. The molecule has 164 valence electrons. The standard InChI is InChI=1S/C22H32N6O.HI/c1-18-4-7-20(8-5-18)29-15-10-24-22(23-2)26-17-19-6-9-21(25-16-19)28-13-11-27(3)12-14-28;/h4-9,16H,10-15,17H2,1-3H3,(H2,23,24,26);1H. The minimum atomic E-state index is 0. The molecule has 0 saturated carbocycles. The third-order valence-corrected chi connectivity index (χ3v) is 5.00. The number of pyridine rings is 1. The summed E-state index contributed by atoms with van der Waals surface area (Å²) in [5.41, 5.74) is 2.35. The van der Waals surface area contributed by atoms with E-state index in [1.165, 1.54) is 5.56 Å². The second-order valence-corrected chi connectivity index (χ2v) is 7.33. The summed E-state index contributed by atoms with van der Waals surface area (Å²) in [5.74, 6) is 2.69. The van der Waals surface area contributed by atoms with Crippen molar-refractivity contribution in [3.8, 4) is 5.75 Å². The highest BCUT2D eigenvalue weighted by atomic mass is 127. The summed E-state index contributed by atoms with van der Waals surface area (Å²) in [4.78, 5) is 13.6. The van der Waals surface area contributed by atoms with Gasteiger partial charge < -0.3 is 25.2 Å². The number of guanidine groups is 1. The highest BCUT2D eigenvalue weighted by Gasteiger charge is 2.14. The SMILES string of the molecule is CN=C(NCCOc1ccc(C)cc1)NCc1ccc(N2CCN(C)CC2)nc1.I. The van der Waals surface area contributed by atoms with E-state index in [0.717, 1.165) is 49.3 Å². The molecule has 1 aliphatic rings. The summed E-state index contributed by atoms with van der Waals surface area (Å²) >= 11 is 0. The molecule has 1 saturated heterocycles. The predicted octanol–water partition coefficient (Wildman–Crippen LogP) is 2.50. The molecule has 0 spiro atoms. The summed E-state index contributed by atoms with van der Waals surface area (Å²) in [6.45, 7) is 8.22. The fraction of sp³-hybridized carbons (Fsp3) is 0.455. The Labute approximate surface area is 196 Å². The third kappa shape index (κ3) is 7.64. The van der Waals surface area contributed by atoms with Crippen LogP contribution in [0.15, 0.2) is 47.6 Å². The van der Waals surface area contributed by atoms with Crippen LogP contribution in [0.4, 0.5) is 5.82 Å². The molecule has 2 aromatic rings. The van der Waals surface area contributed by atoms with Crippen LogP contribution in [0.5, 0.6) is 5.75 Å². The molecule has 1 aromatic carbocycles. The highest BCUT2D eigenvalue weighted by molar-refractivity contribution is 14.0. The maximum atomic E-state index is 5.73. The van der Waals surface area contributed by atoms with Gasteiger partial charge in [0.25, 0.3) is 0 Å². The molecule has 1 aromatic heterocycles. The number of likely N-dealkylation sites (N-methyl/N-ethyl adjacent to an activating group) is 1. The van der Waals surface area contributed by atoms with Crippen LogP contribution >= 0.6 is 24.0 Å². The molecule has 0 radical (unpaired) electrons. The van der Waals surface area contributed by atoms with Gasteiger partial charge in [-0.2, -0.15) is 0 Å². The fourth-order valence-corrected chi connectivity index (χ4v) is 3.12. The number of nitrogens with zero attached hydrogens (tertiary/aromatic N) is 4. The number of ether oxygens (including phenoxy) is 1. The van der Waals surface area contributed by atoms with Crippen molar-refractivity contribution in [2.24, 2.45) is 4.99 Å². The molecule has 0 atom stereocenters. The van der Waals surface area contributed by atoms with Crippen LogP contribution < -0.4 is 20.3 Å². The minimum Gasteiger partial charge on any atom is -0.492 e. The van der Waals surface area contributed by atoms with E-state index >= 15 is 0 Å². The summed E-state index contributed by atoms with van der Waals surface area (Å²) in [6, 6.07) is 12.3. The van der Waals surface area contributed by atoms with Crippen molar-refractivity contribution in [2.45, 2.75) is 13.5 Å². The summed E-state index contributed by atoms with van der Waals surface area (Å²) in [6.07, 6.45) is 1.94. The molecule has 0 aliphatic carbocycles. The van der Waals surface area contributed by atoms with Crippen molar-refractivity contribution >= 4 is 35.8 Å². The van der Waals surface area contributed by atoms with Gasteiger partial charge in [0.05, 0.1) is 6.54 Å². The number of nitrogens with one attached hydrogen (secondary N) is 2. The monoisotopic (exact) mass is 524 g/mol. The molecule has 0 amide bonds. The molecule has 3 rings (SSSR count). The second-order valence-electron chi connectivity index (χ2n) is 7.33. The van der Waals surface area contributed by atoms with E-state index < -0.39 is 0 Å². The number of hydrogen-bond acceptors (Lipinski definition) is 5. The second kappa shape index (κ2) is 12.6. The van der Waals surface area contributed by atoms with Gasteiger partial charge in [0, 0.05) is 46.0 Å². The zero-order chi connectivity index (χ0) is 20.5. The first kappa shape index (κ1) is 24.2. The summed E-state index contributed by atoms with van der Waals surface area (Å²) in [5, 5.41) is 6.59. The Morgan fingerprint density at radius 1 is 1.07 bits per heavy atom. The Kier molecular flexibility index (Phi) is 10.2. The van der Waals surface area contributed by atoms with Gasteiger partial charge in [-0.25, -0.2) is 4.98 Å². The third-order valence-electron chi connectivity index (χ3n) is 5.00. The molecule has 7 nitrogen and oxygen atoms in total. The Balaban J connectivity index is 0.00000320. The zero-order valence-corrected chi connectivity index (χ0v) is 20.4. The molecule has 8 heteroatoms. The van der Waals surface area contributed by atoms with Crippen molar-refractivity contribution in [2.75, 3.05) is 58.3 Å². The number of aromatic nitrogens is 1. The summed E-state index contributed by atoms with van der Waals surface area (Å²) < 4.78 is 5.73. The predicted molar refractivity (Wildman–Crippen MR) is 134 cm³/mol. The van der Waals surface area contributed by atoms with E-state index in [9.17, 15) is 0 Å².